The van der Waals surface area contributed by atoms with Gasteiger partial charge in [0.05, 0.1) is 6.54 Å². The highest BCUT2D eigenvalue weighted by Gasteiger charge is 2.18. The summed E-state index contributed by atoms with van der Waals surface area (Å²) in [5, 5.41) is 12.1. The molecule has 15 heavy (non-hydrogen) atoms. The van der Waals surface area contributed by atoms with Crippen LogP contribution in [-0.2, 0) is 13.6 Å². The number of aromatic nitrogens is 2. The summed E-state index contributed by atoms with van der Waals surface area (Å²) in [7, 11) is 1.82. The van der Waals surface area contributed by atoms with Gasteiger partial charge >= 0.3 is 5.97 Å². The summed E-state index contributed by atoms with van der Waals surface area (Å²) >= 11 is 0. The van der Waals surface area contributed by atoms with E-state index in [4.69, 9.17) is 5.11 Å². The molecule has 2 rings (SSSR count). The molecule has 1 aliphatic rings. The van der Waals surface area contributed by atoms with E-state index < -0.39 is 5.97 Å². The number of imidazole rings is 1. The van der Waals surface area contributed by atoms with Crippen LogP contribution in [0, 0.1) is 0 Å². The lowest BCUT2D eigenvalue weighted by Crippen LogP contribution is -2.35. The average molecular weight is 209 g/mol. The van der Waals surface area contributed by atoms with Gasteiger partial charge in [-0.05, 0) is 12.8 Å². The highest BCUT2D eigenvalue weighted by atomic mass is 16.4. The van der Waals surface area contributed by atoms with Crippen molar-refractivity contribution in [3.63, 3.8) is 0 Å². The minimum atomic E-state index is -0.972. The van der Waals surface area contributed by atoms with Crippen molar-refractivity contribution in [2.24, 2.45) is 7.05 Å². The van der Waals surface area contributed by atoms with Crippen molar-refractivity contribution in [2.45, 2.75) is 31.8 Å². The topological polar surface area (TPSA) is 67.2 Å². The highest BCUT2D eigenvalue weighted by Crippen LogP contribution is 2.18. The molecule has 0 aliphatic heterocycles. The molecule has 5 heteroatoms. The van der Waals surface area contributed by atoms with Crippen LogP contribution in [0.1, 0.15) is 35.6 Å². The average Bonchev–Trinajstić information content (AvgIpc) is 2.45. The molecule has 0 aromatic carbocycles. The molecule has 5 nitrogen and oxygen atoms in total. The Labute approximate surface area is 88.1 Å². The zero-order valence-corrected chi connectivity index (χ0v) is 8.73. The summed E-state index contributed by atoms with van der Waals surface area (Å²) < 4.78 is 1.76. The Hall–Kier alpha value is -1.36. The van der Waals surface area contributed by atoms with Crippen molar-refractivity contribution in [3.8, 4) is 0 Å². The van der Waals surface area contributed by atoms with E-state index in [1.54, 1.807) is 10.8 Å². The fourth-order valence-corrected chi connectivity index (χ4v) is 1.62. The maximum Gasteiger partial charge on any atom is 0.356 e. The number of nitrogens with zero attached hydrogens (tertiary/aromatic N) is 2. The summed E-state index contributed by atoms with van der Waals surface area (Å²) in [6.45, 7) is 0.647. The third-order valence-electron chi connectivity index (χ3n) is 2.85. The van der Waals surface area contributed by atoms with Crippen molar-refractivity contribution in [1.82, 2.24) is 14.9 Å². The zero-order valence-electron chi connectivity index (χ0n) is 8.73. The molecule has 0 bridgehead atoms. The van der Waals surface area contributed by atoms with Crippen LogP contribution in [-0.4, -0.2) is 26.7 Å². The Kier molecular flexibility index (Phi) is 2.73. The van der Waals surface area contributed by atoms with Gasteiger partial charge in [-0.15, -0.1) is 0 Å². The predicted molar refractivity (Wildman–Crippen MR) is 54.6 cm³/mol. The number of rotatable bonds is 4. The van der Waals surface area contributed by atoms with Crippen LogP contribution in [0.3, 0.4) is 0 Å². The second kappa shape index (κ2) is 4.02. The van der Waals surface area contributed by atoms with Crippen LogP contribution in [0.2, 0.25) is 0 Å². The first-order chi connectivity index (χ1) is 7.16. The van der Waals surface area contributed by atoms with Gasteiger partial charge in [0, 0.05) is 19.3 Å². The normalized spacial score (nSPS) is 16.3. The Morgan fingerprint density at radius 1 is 1.73 bits per heavy atom. The molecule has 0 unspecified atom stereocenters. The minimum absolute atomic E-state index is 0.114. The number of nitrogens with one attached hydrogen (secondary N) is 1. The number of carboxylic acid groups (broad SMARTS) is 1. The van der Waals surface area contributed by atoms with Gasteiger partial charge < -0.3 is 15.0 Å². The fraction of sp³-hybridized carbons (Fsp3) is 0.600. The van der Waals surface area contributed by atoms with Gasteiger partial charge in [-0.25, -0.2) is 9.78 Å². The second-order valence-corrected chi connectivity index (χ2v) is 3.97. The maximum atomic E-state index is 10.7. The summed E-state index contributed by atoms with van der Waals surface area (Å²) in [5.41, 5.74) is 0.114. The molecule has 1 aromatic heterocycles. The molecular formula is C10H15N3O2. The van der Waals surface area contributed by atoms with Crippen LogP contribution in [0.25, 0.3) is 0 Å². The van der Waals surface area contributed by atoms with Crippen LogP contribution in [0.15, 0.2) is 6.20 Å². The number of carboxylic acids is 1. The Bertz CT molecular complexity index is 369. The quantitative estimate of drug-likeness (QED) is 0.768. The van der Waals surface area contributed by atoms with Gasteiger partial charge in [0.2, 0.25) is 0 Å². The number of hydrogen-bond donors (Lipinski definition) is 2. The molecule has 0 radical (unpaired) electrons. The maximum absolute atomic E-state index is 10.7. The van der Waals surface area contributed by atoms with Crippen molar-refractivity contribution in [3.05, 3.63) is 17.7 Å². The molecule has 82 valence electrons. The van der Waals surface area contributed by atoms with Crippen LogP contribution in [0.5, 0.6) is 0 Å². The van der Waals surface area contributed by atoms with E-state index in [1.165, 1.54) is 19.3 Å². The monoisotopic (exact) mass is 209 g/mol. The lowest BCUT2D eigenvalue weighted by molar-refractivity contribution is 0.0691. The van der Waals surface area contributed by atoms with E-state index in [-0.39, 0.29) is 5.69 Å². The van der Waals surface area contributed by atoms with E-state index in [9.17, 15) is 4.79 Å². The van der Waals surface area contributed by atoms with Gasteiger partial charge in [-0.2, -0.15) is 0 Å². The molecule has 2 N–H and O–H groups in total. The third kappa shape index (κ3) is 2.18. The summed E-state index contributed by atoms with van der Waals surface area (Å²) in [5.74, 6) is -0.195. The predicted octanol–water partition coefficient (Wildman–Crippen LogP) is 0.760. The van der Waals surface area contributed by atoms with E-state index in [2.05, 4.69) is 10.3 Å². The standard InChI is InChI=1S/C10H15N3O2/c1-13-6-8(10(14)15)12-9(13)5-11-7-3-2-4-7/h6-7,11H,2-5H2,1H3,(H,14,15). The van der Waals surface area contributed by atoms with E-state index in [0.29, 0.717) is 12.6 Å². The van der Waals surface area contributed by atoms with E-state index in [0.717, 1.165) is 5.82 Å². The number of aryl methyl sites for hydroxylation is 1. The van der Waals surface area contributed by atoms with Gasteiger partial charge in [-0.1, -0.05) is 6.42 Å². The molecule has 1 aromatic rings. The Morgan fingerprint density at radius 2 is 2.47 bits per heavy atom. The molecule has 0 atom stereocenters. The number of carbonyl (C=O) groups is 1. The number of aromatic carboxylic acids is 1. The molecular weight excluding hydrogens is 194 g/mol. The van der Waals surface area contributed by atoms with Crippen LogP contribution >= 0.6 is 0 Å². The van der Waals surface area contributed by atoms with Crippen molar-refractivity contribution in [2.75, 3.05) is 0 Å². The van der Waals surface area contributed by atoms with Gasteiger partial charge in [-0.3, -0.25) is 0 Å². The third-order valence-corrected chi connectivity index (χ3v) is 2.85. The van der Waals surface area contributed by atoms with Crippen molar-refractivity contribution < 1.29 is 9.90 Å². The van der Waals surface area contributed by atoms with Crippen LogP contribution in [0.4, 0.5) is 0 Å². The zero-order chi connectivity index (χ0) is 10.8. The SMILES string of the molecule is Cn1cc(C(=O)O)nc1CNC1CCC1. The largest absolute Gasteiger partial charge is 0.476 e. The molecule has 0 spiro atoms. The summed E-state index contributed by atoms with van der Waals surface area (Å²) in [4.78, 5) is 14.7. The molecule has 1 aliphatic carbocycles. The van der Waals surface area contributed by atoms with Crippen LogP contribution < -0.4 is 5.32 Å². The summed E-state index contributed by atoms with van der Waals surface area (Å²) in [6.07, 6.45) is 5.27. The first kappa shape index (κ1) is 10.2. The fourth-order valence-electron chi connectivity index (χ4n) is 1.62. The lowest BCUT2D eigenvalue weighted by atomic mass is 9.93. The van der Waals surface area contributed by atoms with E-state index in [1.807, 2.05) is 7.05 Å². The van der Waals surface area contributed by atoms with Gasteiger partial charge in [0.25, 0.3) is 0 Å². The molecule has 1 fully saturated rings. The first-order valence-corrected chi connectivity index (χ1v) is 5.15. The second-order valence-electron chi connectivity index (χ2n) is 3.97. The van der Waals surface area contributed by atoms with Gasteiger partial charge in [0.1, 0.15) is 5.82 Å². The Morgan fingerprint density at radius 3 is 2.93 bits per heavy atom. The molecule has 0 amide bonds. The minimum Gasteiger partial charge on any atom is -0.476 e. The smallest absolute Gasteiger partial charge is 0.356 e. The molecule has 1 saturated carbocycles. The molecule has 0 saturated heterocycles. The first-order valence-electron chi connectivity index (χ1n) is 5.15. The lowest BCUT2D eigenvalue weighted by Gasteiger charge is -2.26. The summed E-state index contributed by atoms with van der Waals surface area (Å²) in [6, 6.07) is 0.593. The number of hydrogen-bond acceptors (Lipinski definition) is 3. The highest BCUT2D eigenvalue weighted by molar-refractivity contribution is 5.85. The van der Waals surface area contributed by atoms with Crippen molar-refractivity contribution >= 4 is 5.97 Å². The van der Waals surface area contributed by atoms with E-state index >= 15 is 0 Å². The Balaban J connectivity index is 1.97. The van der Waals surface area contributed by atoms with Crippen molar-refractivity contribution in [1.29, 1.82) is 0 Å². The molecule has 1 heterocycles. The van der Waals surface area contributed by atoms with Gasteiger partial charge in [0.15, 0.2) is 5.69 Å².